The zero-order valence-corrected chi connectivity index (χ0v) is 16.5. The summed E-state index contributed by atoms with van der Waals surface area (Å²) in [5.74, 6) is 0.715. The van der Waals surface area contributed by atoms with E-state index in [0.717, 1.165) is 10.0 Å². The third-order valence-corrected chi connectivity index (χ3v) is 9.06. The monoisotopic (exact) mass is 374 g/mol. The molecule has 0 bridgehead atoms. The van der Waals surface area contributed by atoms with E-state index in [4.69, 9.17) is 9.16 Å². The number of rotatable bonds is 6. The summed E-state index contributed by atoms with van der Waals surface area (Å²) in [7, 11) is -1.72. The Bertz CT molecular complexity index is 467. The average Bonchev–Trinajstić information content (AvgIpc) is 2.34. The van der Waals surface area contributed by atoms with Crippen molar-refractivity contribution in [2.75, 3.05) is 13.2 Å². The van der Waals surface area contributed by atoms with Crippen LogP contribution in [-0.2, 0) is 4.43 Å². The molecule has 0 aliphatic carbocycles. The second-order valence-electron chi connectivity index (χ2n) is 6.82. The Morgan fingerprint density at radius 2 is 1.86 bits per heavy atom. The summed E-state index contributed by atoms with van der Waals surface area (Å²) in [5, 5.41) is 10.00. The van der Waals surface area contributed by atoms with Crippen LogP contribution in [0.5, 0.6) is 5.75 Å². The quantitative estimate of drug-likeness (QED) is 0.568. The molecule has 21 heavy (non-hydrogen) atoms. The topological polar surface area (TPSA) is 38.7 Å². The van der Waals surface area contributed by atoms with Crippen LogP contribution >= 0.6 is 15.9 Å². The summed E-state index contributed by atoms with van der Waals surface area (Å²) in [6, 6.07) is 5.67. The van der Waals surface area contributed by atoms with Gasteiger partial charge in [-0.1, -0.05) is 36.7 Å². The van der Waals surface area contributed by atoms with Crippen molar-refractivity contribution in [3.8, 4) is 5.75 Å². The standard InChI is InChI=1S/C16H27BrO3Si/c1-12(18)14-11-13(17)7-8-15(14)19-9-10-20-21(5,6)16(2,3)4/h7-8,11-12,18H,9-10H2,1-6H3. The van der Waals surface area contributed by atoms with E-state index < -0.39 is 14.4 Å². The minimum atomic E-state index is -1.72. The van der Waals surface area contributed by atoms with E-state index in [2.05, 4.69) is 49.8 Å². The molecule has 0 fully saturated rings. The first-order chi connectivity index (χ1) is 9.54. The highest BCUT2D eigenvalue weighted by molar-refractivity contribution is 9.10. The molecule has 1 N–H and O–H groups in total. The first kappa shape index (κ1) is 18.7. The Hall–Kier alpha value is -0.363. The molecular weight excluding hydrogens is 348 g/mol. The molecule has 0 saturated heterocycles. The minimum absolute atomic E-state index is 0.204. The van der Waals surface area contributed by atoms with Crippen molar-refractivity contribution in [3.05, 3.63) is 28.2 Å². The normalized spacial score (nSPS) is 14.1. The van der Waals surface area contributed by atoms with E-state index in [1.165, 1.54) is 0 Å². The maximum Gasteiger partial charge on any atom is 0.192 e. The lowest BCUT2D eigenvalue weighted by atomic mass is 10.1. The van der Waals surface area contributed by atoms with Crippen LogP contribution in [0.2, 0.25) is 18.1 Å². The summed E-state index contributed by atoms with van der Waals surface area (Å²) < 4.78 is 12.8. The van der Waals surface area contributed by atoms with Crippen molar-refractivity contribution in [1.82, 2.24) is 0 Å². The molecule has 120 valence electrons. The predicted octanol–water partition coefficient (Wildman–Crippen LogP) is 4.90. The minimum Gasteiger partial charge on any atom is -0.491 e. The third kappa shape index (κ3) is 5.40. The summed E-state index contributed by atoms with van der Waals surface area (Å²) in [6.45, 7) is 13.9. The molecule has 1 aromatic rings. The first-order valence-corrected chi connectivity index (χ1v) is 11.0. The van der Waals surface area contributed by atoms with Crippen LogP contribution in [0.25, 0.3) is 0 Å². The van der Waals surface area contributed by atoms with Crippen LogP contribution in [0.3, 0.4) is 0 Å². The first-order valence-electron chi connectivity index (χ1n) is 7.29. The van der Waals surface area contributed by atoms with E-state index in [0.29, 0.717) is 19.0 Å². The van der Waals surface area contributed by atoms with Crippen LogP contribution in [0.15, 0.2) is 22.7 Å². The molecule has 1 aromatic carbocycles. The fourth-order valence-corrected chi connectivity index (χ4v) is 3.05. The number of benzene rings is 1. The number of hydrogen-bond acceptors (Lipinski definition) is 3. The van der Waals surface area contributed by atoms with Crippen LogP contribution in [0, 0.1) is 0 Å². The van der Waals surface area contributed by atoms with Crippen LogP contribution < -0.4 is 4.74 Å². The number of aliphatic hydroxyl groups is 1. The number of hydrogen-bond donors (Lipinski definition) is 1. The molecule has 0 aliphatic heterocycles. The summed E-state index contributed by atoms with van der Waals surface area (Å²) in [5.41, 5.74) is 0.789. The van der Waals surface area contributed by atoms with Crippen molar-refractivity contribution >= 4 is 24.2 Å². The van der Waals surface area contributed by atoms with Gasteiger partial charge in [0.2, 0.25) is 0 Å². The number of halogens is 1. The number of aliphatic hydroxyl groups excluding tert-OH is 1. The predicted molar refractivity (Wildman–Crippen MR) is 93.4 cm³/mol. The Labute approximate surface area is 137 Å². The largest absolute Gasteiger partial charge is 0.491 e. The van der Waals surface area contributed by atoms with Gasteiger partial charge < -0.3 is 14.3 Å². The van der Waals surface area contributed by atoms with Gasteiger partial charge in [0.15, 0.2) is 8.32 Å². The van der Waals surface area contributed by atoms with Gasteiger partial charge in [0.05, 0.1) is 12.7 Å². The van der Waals surface area contributed by atoms with Crippen molar-refractivity contribution in [2.45, 2.75) is 51.9 Å². The Balaban J connectivity index is 2.58. The molecule has 1 unspecified atom stereocenters. The van der Waals surface area contributed by atoms with Crippen molar-refractivity contribution in [3.63, 3.8) is 0 Å². The molecule has 0 heterocycles. The molecule has 3 nitrogen and oxygen atoms in total. The van der Waals surface area contributed by atoms with Gasteiger partial charge in [-0.3, -0.25) is 0 Å². The molecule has 5 heteroatoms. The lowest BCUT2D eigenvalue weighted by Crippen LogP contribution is -2.41. The summed E-state index contributed by atoms with van der Waals surface area (Å²) in [4.78, 5) is 0. The van der Waals surface area contributed by atoms with Gasteiger partial charge in [-0.2, -0.15) is 0 Å². The highest BCUT2D eigenvalue weighted by atomic mass is 79.9. The fourth-order valence-electron chi connectivity index (χ4n) is 1.64. The van der Waals surface area contributed by atoms with Gasteiger partial charge >= 0.3 is 0 Å². The average molecular weight is 375 g/mol. The van der Waals surface area contributed by atoms with E-state index >= 15 is 0 Å². The molecule has 0 spiro atoms. The van der Waals surface area contributed by atoms with Gasteiger partial charge in [0, 0.05) is 10.0 Å². The van der Waals surface area contributed by atoms with E-state index in [1.807, 2.05) is 18.2 Å². The fraction of sp³-hybridized carbons (Fsp3) is 0.625. The SMILES string of the molecule is CC(O)c1cc(Br)ccc1OCCO[Si](C)(C)C(C)(C)C. The van der Waals surface area contributed by atoms with Gasteiger partial charge in [-0.15, -0.1) is 0 Å². The van der Waals surface area contributed by atoms with Crippen LogP contribution in [0.4, 0.5) is 0 Å². The van der Waals surface area contributed by atoms with Crippen molar-refractivity contribution in [1.29, 1.82) is 0 Å². The zero-order valence-electron chi connectivity index (χ0n) is 13.9. The molecule has 1 atom stereocenters. The maximum absolute atomic E-state index is 9.80. The van der Waals surface area contributed by atoms with Crippen LogP contribution in [-0.4, -0.2) is 26.6 Å². The molecule has 0 saturated carbocycles. The van der Waals surface area contributed by atoms with Crippen LogP contribution in [0.1, 0.15) is 39.4 Å². The Morgan fingerprint density at radius 1 is 1.24 bits per heavy atom. The second kappa shape index (κ2) is 7.27. The highest BCUT2D eigenvalue weighted by Crippen LogP contribution is 2.36. The Morgan fingerprint density at radius 3 is 2.38 bits per heavy atom. The number of ether oxygens (including phenoxy) is 1. The Kier molecular flexibility index (Phi) is 6.47. The van der Waals surface area contributed by atoms with E-state index in [1.54, 1.807) is 6.92 Å². The second-order valence-corrected chi connectivity index (χ2v) is 12.5. The van der Waals surface area contributed by atoms with E-state index in [-0.39, 0.29) is 5.04 Å². The smallest absolute Gasteiger partial charge is 0.192 e. The van der Waals surface area contributed by atoms with Gasteiger partial charge in [0.25, 0.3) is 0 Å². The van der Waals surface area contributed by atoms with Gasteiger partial charge in [0.1, 0.15) is 12.4 Å². The van der Waals surface area contributed by atoms with Crippen molar-refractivity contribution < 1.29 is 14.3 Å². The molecule has 0 radical (unpaired) electrons. The lowest BCUT2D eigenvalue weighted by molar-refractivity contribution is 0.178. The van der Waals surface area contributed by atoms with Gasteiger partial charge in [-0.05, 0) is 43.3 Å². The molecule has 0 aromatic heterocycles. The van der Waals surface area contributed by atoms with Gasteiger partial charge in [-0.25, -0.2) is 0 Å². The van der Waals surface area contributed by atoms with E-state index in [9.17, 15) is 5.11 Å². The maximum atomic E-state index is 9.80. The van der Waals surface area contributed by atoms with Crippen molar-refractivity contribution in [2.24, 2.45) is 0 Å². The highest BCUT2D eigenvalue weighted by Gasteiger charge is 2.36. The molecule has 0 aliphatic rings. The molecular formula is C16H27BrO3Si. The third-order valence-electron chi connectivity index (χ3n) is 4.03. The zero-order chi connectivity index (χ0) is 16.3. The lowest BCUT2D eigenvalue weighted by Gasteiger charge is -2.36. The molecule has 0 amide bonds. The molecule has 1 rings (SSSR count). The summed E-state index contributed by atoms with van der Waals surface area (Å²) >= 11 is 3.41. The summed E-state index contributed by atoms with van der Waals surface area (Å²) in [6.07, 6.45) is -0.557.